The van der Waals surface area contributed by atoms with E-state index in [-0.39, 0.29) is 18.1 Å². The molecule has 1 aliphatic rings. The molecule has 0 spiro atoms. The minimum atomic E-state index is -0.512. The summed E-state index contributed by atoms with van der Waals surface area (Å²) in [4.78, 5) is 22.9. The molecule has 7 heteroatoms. The van der Waals surface area contributed by atoms with Gasteiger partial charge in [-0.25, -0.2) is 4.79 Å². The Kier molecular flexibility index (Phi) is 4.47. The SMILES string of the molecule is CN(C)/N=C(\C[C@H]1OC(=O)c2ccccc21)c1ccccc1[N+](=O)[O-]. The number of hydrogen-bond donors (Lipinski definition) is 0. The van der Waals surface area contributed by atoms with Gasteiger partial charge >= 0.3 is 5.97 Å². The standard InChI is InChI=1S/C18H17N3O4/c1-20(2)19-15(14-9-5-6-10-16(14)21(23)24)11-17-12-7-3-4-8-13(12)18(22)25-17/h3-10,17H,11H2,1-2H3/b19-15+/t17-/m1/s1. The summed E-state index contributed by atoms with van der Waals surface area (Å²) in [6, 6.07) is 13.6. The van der Waals surface area contributed by atoms with E-state index in [1.807, 2.05) is 12.1 Å². The van der Waals surface area contributed by atoms with Crippen molar-refractivity contribution >= 4 is 17.4 Å². The number of nitro benzene ring substituents is 1. The molecule has 128 valence electrons. The minimum absolute atomic E-state index is 0.0271. The molecule has 0 aliphatic carbocycles. The van der Waals surface area contributed by atoms with Gasteiger partial charge < -0.3 is 9.75 Å². The van der Waals surface area contributed by atoms with Gasteiger partial charge in [0.2, 0.25) is 0 Å². The third-order valence-electron chi connectivity index (χ3n) is 3.89. The van der Waals surface area contributed by atoms with Crippen LogP contribution < -0.4 is 0 Å². The Balaban J connectivity index is 2.00. The van der Waals surface area contributed by atoms with Gasteiger partial charge in [-0.3, -0.25) is 10.1 Å². The topological polar surface area (TPSA) is 85.0 Å². The summed E-state index contributed by atoms with van der Waals surface area (Å²) in [7, 11) is 3.48. The van der Waals surface area contributed by atoms with Crippen LogP contribution in [0.15, 0.2) is 53.6 Å². The van der Waals surface area contributed by atoms with Crippen LogP contribution >= 0.6 is 0 Å². The zero-order valence-electron chi connectivity index (χ0n) is 13.9. The van der Waals surface area contributed by atoms with E-state index in [2.05, 4.69) is 5.10 Å². The van der Waals surface area contributed by atoms with Crippen molar-refractivity contribution in [1.82, 2.24) is 5.01 Å². The molecule has 1 aliphatic heterocycles. The molecular formula is C18H17N3O4. The maximum Gasteiger partial charge on any atom is 0.339 e. The fourth-order valence-electron chi connectivity index (χ4n) is 2.87. The highest BCUT2D eigenvalue weighted by molar-refractivity contribution is 6.05. The van der Waals surface area contributed by atoms with Crippen molar-refractivity contribution in [3.63, 3.8) is 0 Å². The van der Waals surface area contributed by atoms with E-state index in [9.17, 15) is 14.9 Å². The number of nitro groups is 1. The van der Waals surface area contributed by atoms with Crippen molar-refractivity contribution in [3.8, 4) is 0 Å². The van der Waals surface area contributed by atoms with E-state index in [0.717, 1.165) is 5.56 Å². The summed E-state index contributed by atoms with van der Waals surface area (Å²) >= 11 is 0. The molecule has 0 saturated carbocycles. The number of rotatable bonds is 5. The van der Waals surface area contributed by atoms with Gasteiger partial charge in [0.15, 0.2) is 0 Å². The molecule has 0 bridgehead atoms. The van der Waals surface area contributed by atoms with Crippen LogP contribution in [0.4, 0.5) is 5.69 Å². The Morgan fingerprint density at radius 1 is 1.20 bits per heavy atom. The Labute approximate surface area is 144 Å². The number of hydrazone groups is 1. The summed E-state index contributed by atoms with van der Waals surface area (Å²) in [6.45, 7) is 0. The average Bonchev–Trinajstić information content (AvgIpc) is 2.90. The Morgan fingerprint density at radius 3 is 2.60 bits per heavy atom. The third-order valence-corrected chi connectivity index (χ3v) is 3.89. The molecule has 0 N–H and O–H groups in total. The highest BCUT2D eigenvalue weighted by Gasteiger charge is 2.33. The molecule has 7 nitrogen and oxygen atoms in total. The van der Waals surface area contributed by atoms with Crippen LogP contribution in [0.25, 0.3) is 0 Å². The first-order chi connectivity index (χ1) is 12.0. The molecule has 0 saturated heterocycles. The third kappa shape index (κ3) is 3.35. The average molecular weight is 339 g/mol. The first kappa shape index (κ1) is 16.6. The van der Waals surface area contributed by atoms with Crippen LogP contribution in [-0.4, -0.2) is 35.7 Å². The van der Waals surface area contributed by atoms with Gasteiger partial charge in [-0.05, 0) is 12.1 Å². The lowest BCUT2D eigenvalue weighted by atomic mass is 9.97. The van der Waals surface area contributed by atoms with Crippen LogP contribution in [0.3, 0.4) is 0 Å². The second kappa shape index (κ2) is 6.72. The number of fused-ring (bicyclic) bond motifs is 1. The number of carbonyl (C=O) groups excluding carboxylic acids is 1. The molecule has 0 radical (unpaired) electrons. The van der Waals surface area contributed by atoms with Crippen molar-refractivity contribution in [3.05, 3.63) is 75.3 Å². The number of benzene rings is 2. The lowest BCUT2D eigenvalue weighted by Gasteiger charge is -2.15. The second-order valence-electron chi connectivity index (χ2n) is 5.85. The second-order valence-corrected chi connectivity index (χ2v) is 5.85. The molecule has 1 atom stereocenters. The van der Waals surface area contributed by atoms with E-state index in [1.54, 1.807) is 49.4 Å². The highest BCUT2D eigenvalue weighted by atomic mass is 16.6. The summed E-state index contributed by atoms with van der Waals surface area (Å²) in [5.41, 5.74) is 2.19. The number of esters is 1. The van der Waals surface area contributed by atoms with E-state index < -0.39 is 11.0 Å². The van der Waals surface area contributed by atoms with Gasteiger partial charge in [-0.15, -0.1) is 0 Å². The van der Waals surface area contributed by atoms with Crippen molar-refractivity contribution < 1.29 is 14.5 Å². The van der Waals surface area contributed by atoms with Gasteiger partial charge in [0, 0.05) is 32.1 Å². The molecule has 2 aromatic carbocycles. The van der Waals surface area contributed by atoms with Gasteiger partial charge in [0.25, 0.3) is 5.69 Å². The van der Waals surface area contributed by atoms with E-state index >= 15 is 0 Å². The molecule has 25 heavy (non-hydrogen) atoms. The largest absolute Gasteiger partial charge is 0.453 e. The monoisotopic (exact) mass is 339 g/mol. The zero-order chi connectivity index (χ0) is 18.0. The fraction of sp³-hybridized carbons (Fsp3) is 0.222. The molecular weight excluding hydrogens is 322 g/mol. The number of ether oxygens (including phenoxy) is 1. The lowest BCUT2D eigenvalue weighted by molar-refractivity contribution is -0.385. The van der Waals surface area contributed by atoms with Gasteiger partial charge in [-0.2, -0.15) is 5.10 Å². The lowest BCUT2D eigenvalue weighted by Crippen LogP contribution is -2.15. The number of hydrogen-bond acceptors (Lipinski definition) is 6. The molecule has 0 amide bonds. The molecule has 2 aromatic rings. The summed E-state index contributed by atoms with van der Waals surface area (Å²) in [5, 5.41) is 17.3. The van der Waals surface area contributed by atoms with Gasteiger partial charge in [-0.1, -0.05) is 30.3 Å². The maximum absolute atomic E-state index is 12.0. The molecule has 0 fully saturated rings. The number of cyclic esters (lactones) is 1. The van der Waals surface area contributed by atoms with Crippen LogP contribution in [0.5, 0.6) is 0 Å². The summed E-state index contributed by atoms with van der Waals surface area (Å²) in [6.07, 6.45) is -0.256. The Morgan fingerprint density at radius 2 is 1.88 bits per heavy atom. The van der Waals surface area contributed by atoms with Crippen molar-refractivity contribution in [1.29, 1.82) is 0 Å². The highest BCUT2D eigenvalue weighted by Crippen LogP contribution is 2.35. The van der Waals surface area contributed by atoms with Gasteiger partial charge in [0.1, 0.15) is 6.10 Å². The van der Waals surface area contributed by atoms with Crippen LogP contribution in [0, 0.1) is 10.1 Å². The van der Waals surface area contributed by atoms with Crippen molar-refractivity contribution in [2.75, 3.05) is 14.1 Å². The fourth-order valence-corrected chi connectivity index (χ4v) is 2.87. The van der Waals surface area contributed by atoms with Gasteiger partial charge in [0.05, 0.1) is 21.8 Å². The minimum Gasteiger partial charge on any atom is -0.453 e. The normalized spacial score (nSPS) is 16.3. The Bertz CT molecular complexity index is 861. The zero-order valence-corrected chi connectivity index (χ0v) is 13.9. The maximum atomic E-state index is 12.0. The quantitative estimate of drug-likeness (QED) is 0.361. The predicted molar refractivity (Wildman–Crippen MR) is 92.5 cm³/mol. The van der Waals surface area contributed by atoms with E-state index in [1.165, 1.54) is 6.07 Å². The molecule has 0 aromatic heterocycles. The summed E-state index contributed by atoms with van der Waals surface area (Å²) in [5.74, 6) is -0.382. The Hall–Kier alpha value is -3.22. The molecule has 3 rings (SSSR count). The van der Waals surface area contributed by atoms with Crippen LogP contribution in [-0.2, 0) is 4.74 Å². The number of nitrogens with zero attached hydrogens (tertiary/aromatic N) is 3. The smallest absolute Gasteiger partial charge is 0.339 e. The number of para-hydroxylation sites is 1. The predicted octanol–water partition coefficient (Wildman–Crippen LogP) is 3.16. The van der Waals surface area contributed by atoms with E-state index in [4.69, 9.17) is 4.74 Å². The molecule has 0 unspecified atom stereocenters. The molecule has 1 heterocycles. The first-order valence-corrected chi connectivity index (χ1v) is 7.76. The van der Waals surface area contributed by atoms with Crippen LogP contribution in [0.2, 0.25) is 0 Å². The van der Waals surface area contributed by atoms with Crippen molar-refractivity contribution in [2.45, 2.75) is 12.5 Å². The first-order valence-electron chi connectivity index (χ1n) is 7.76. The van der Waals surface area contributed by atoms with Crippen molar-refractivity contribution in [2.24, 2.45) is 5.10 Å². The summed E-state index contributed by atoms with van der Waals surface area (Å²) < 4.78 is 5.46. The number of carbonyl (C=O) groups is 1. The van der Waals surface area contributed by atoms with E-state index in [0.29, 0.717) is 16.8 Å². The van der Waals surface area contributed by atoms with Crippen LogP contribution in [0.1, 0.15) is 34.0 Å².